The molecule has 69 heavy (non-hydrogen) atoms. The molecule has 3 heterocycles. The molecule has 0 fully saturated rings. The first kappa shape index (κ1) is 42.7. The molecule has 13 rings (SSSR count). The maximum Gasteiger partial charge on any atom is 0.143 e. The Morgan fingerprint density at radius 1 is 0.246 bits per heavy atom. The molecule has 0 bridgehead atoms. The molecule has 0 amide bonds. The van der Waals surface area contributed by atoms with Crippen LogP contribution in [0.15, 0.2) is 257 Å². The number of rotatable bonds is 7. The Bertz CT molecular complexity index is 3710. The Morgan fingerprint density at radius 2 is 0.478 bits per heavy atom. The van der Waals surface area contributed by atoms with Gasteiger partial charge in [0.2, 0.25) is 0 Å². The number of furan rings is 3. The molecule has 0 radical (unpaired) electrons. The lowest BCUT2D eigenvalue weighted by atomic mass is 9.96. The highest BCUT2D eigenvalue weighted by Crippen LogP contribution is 2.42. The zero-order chi connectivity index (χ0) is 46.8. The van der Waals surface area contributed by atoms with Gasteiger partial charge in [0.1, 0.15) is 33.5 Å². The van der Waals surface area contributed by atoms with Crippen molar-refractivity contribution in [2.45, 2.75) is 13.8 Å². The fourth-order valence-corrected chi connectivity index (χ4v) is 9.59. The molecule has 0 aliphatic heterocycles. The van der Waals surface area contributed by atoms with Crippen LogP contribution in [0.1, 0.15) is 13.8 Å². The number of allylic oxidation sites excluding steroid dienone is 2. The largest absolute Gasteiger partial charge is 0.455 e. The molecule has 0 saturated heterocycles. The van der Waals surface area contributed by atoms with Crippen LogP contribution in [0.5, 0.6) is 0 Å². The summed E-state index contributed by atoms with van der Waals surface area (Å²) in [5.74, 6) is 0. The highest BCUT2D eigenvalue weighted by Gasteiger charge is 2.17. The third-order valence-electron chi connectivity index (χ3n) is 12.9. The van der Waals surface area contributed by atoms with Gasteiger partial charge in [-0.25, -0.2) is 0 Å². The lowest BCUT2D eigenvalue weighted by Crippen LogP contribution is -1.83. The number of hydrogen-bond acceptors (Lipinski definition) is 3. The molecule has 0 saturated carbocycles. The lowest BCUT2D eigenvalue weighted by Gasteiger charge is -2.08. The van der Waals surface area contributed by atoms with E-state index in [9.17, 15) is 0 Å². The van der Waals surface area contributed by atoms with Gasteiger partial charge >= 0.3 is 0 Å². The normalized spacial score (nSPS) is 11.2. The summed E-state index contributed by atoms with van der Waals surface area (Å²) in [5, 5.41) is 6.78. The van der Waals surface area contributed by atoms with E-state index in [2.05, 4.69) is 207 Å². The smallest absolute Gasteiger partial charge is 0.143 e. The molecule has 0 spiro atoms. The van der Waals surface area contributed by atoms with Crippen molar-refractivity contribution in [1.82, 2.24) is 0 Å². The van der Waals surface area contributed by atoms with Crippen molar-refractivity contribution < 1.29 is 13.3 Å². The second-order valence-corrected chi connectivity index (χ2v) is 16.8. The summed E-state index contributed by atoms with van der Waals surface area (Å²) in [6.45, 7) is 10.7. The van der Waals surface area contributed by atoms with E-state index in [1.807, 2.05) is 38.1 Å². The predicted molar refractivity (Wildman–Crippen MR) is 293 cm³/mol. The quantitative estimate of drug-likeness (QED) is 0.150. The van der Waals surface area contributed by atoms with Crippen LogP contribution >= 0.6 is 0 Å². The minimum absolute atomic E-state index is 0.895. The van der Waals surface area contributed by atoms with Crippen LogP contribution in [0, 0.1) is 0 Å². The first-order valence-electron chi connectivity index (χ1n) is 23.5. The Morgan fingerprint density at radius 3 is 0.768 bits per heavy atom. The van der Waals surface area contributed by atoms with E-state index in [0.29, 0.717) is 0 Å². The first-order chi connectivity index (χ1) is 34.1. The van der Waals surface area contributed by atoms with Crippen molar-refractivity contribution in [3.05, 3.63) is 244 Å². The van der Waals surface area contributed by atoms with E-state index >= 15 is 0 Å². The highest BCUT2D eigenvalue weighted by atomic mass is 16.3. The lowest BCUT2D eigenvalue weighted by molar-refractivity contribution is 0.669. The van der Waals surface area contributed by atoms with Gasteiger partial charge in [-0.1, -0.05) is 245 Å². The van der Waals surface area contributed by atoms with Gasteiger partial charge in [0.05, 0.1) is 0 Å². The predicted octanol–water partition coefficient (Wildman–Crippen LogP) is 19.8. The van der Waals surface area contributed by atoms with Crippen molar-refractivity contribution in [2.24, 2.45) is 0 Å². The molecule has 3 heteroatoms. The Kier molecular flexibility index (Phi) is 11.4. The summed E-state index contributed by atoms with van der Waals surface area (Å²) < 4.78 is 19.5. The molecule has 0 unspecified atom stereocenters. The molecule has 3 aromatic heterocycles. The van der Waals surface area contributed by atoms with Gasteiger partial charge in [-0.2, -0.15) is 0 Å². The number of para-hydroxylation sites is 6. The third kappa shape index (κ3) is 7.70. The first-order valence-corrected chi connectivity index (χ1v) is 23.5. The van der Waals surface area contributed by atoms with Crippen molar-refractivity contribution in [2.75, 3.05) is 0 Å². The molecule has 0 aliphatic carbocycles. The second kappa shape index (κ2) is 18.4. The van der Waals surface area contributed by atoms with Gasteiger partial charge in [-0.15, -0.1) is 0 Å². The van der Waals surface area contributed by atoms with E-state index < -0.39 is 0 Å². The number of benzene rings is 10. The molecule has 13 aromatic rings. The van der Waals surface area contributed by atoms with Gasteiger partial charge < -0.3 is 13.3 Å². The summed E-state index contributed by atoms with van der Waals surface area (Å²) in [6, 6.07) is 77.3. The monoisotopic (exact) mass is 888 g/mol. The molecule has 330 valence electrons. The molecule has 3 nitrogen and oxygen atoms in total. The molecular formula is C66H48O3. The fourth-order valence-electron chi connectivity index (χ4n) is 9.59. The molecule has 10 aromatic carbocycles. The van der Waals surface area contributed by atoms with Crippen molar-refractivity contribution in [3.63, 3.8) is 0 Å². The average molecular weight is 889 g/mol. The van der Waals surface area contributed by atoms with Crippen LogP contribution in [-0.4, -0.2) is 0 Å². The maximum absolute atomic E-state index is 6.85. The average Bonchev–Trinajstić information content (AvgIpc) is 4.14. The minimum Gasteiger partial charge on any atom is -0.455 e. The van der Waals surface area contributed by atoms with Gasteiger partial charge in [-0.3, -0.25) is 0 Å². The zero-order valence-corrected chi connectivity index (χ0v) is 38.6. The number of fused-ring (bicyclic) bond motifs is 9. The van der Waals surface area contributed by atoms with E-state index in [-0.39, 0.29) is 0 Å². The highest BCUT2D eigenvalue weighted by molar-refractivity contribution is 6.14. The Balaban J connectivity index is 0.000000827. The van der Waals surface area contributed by atoms with Crippen molar-refractivity contribution in [3.8, 4) is 66.8 Å². The zero-order valence-electron chi connectivity index (χ0n) is 38.6. The molecule has 0 atom stereocenters. The van der Waals surface area contributed by atoms with Crippen molar-refractivity contribution >= 4 is 65.8 Å². The minimum atomic E-state index is 0.895. The third-order valence-corrected chi connectivity index (χ3v) is 12.9. The van der Waals surface area contributed by atoms with E-state index in [4.69, 9.17) is 13.3 Å². The Labute approximate surface area is 401 Å². The van der Waals surface area contributed by atoms with Crippen LogP contribution in [-0.2, 0) is 0 Å². The van der Waals surface area contributed by atoms with Gasteiger partial charge in [0.25, 0.3) is 0 Å². The summed E-state index contributed by atoms with van der Waals surface area (Å²) in [7, 11) is 0. The van der Waals surface area contributed by atoms with E-state index in [0.717, 1.165) is 133 Å². The van der Waals surface area contributed by atoms with E-state index in [1.54, 1.807) is 12.2 Å². The molecular weight excluding hydrogens is 841 g/mol. The fraction of sp³-hybridized carbons (Fsp3) is 0.0303. The van der Waals surface area contributed by atoms with Crippen LogP contribution in [0.25, 0.3) is 133 Å². The summed E-state index contributed by atoms with van der Waals surface area (Å²) in [6.07, 6.45) is 3.28. The summed E-state index contributed by atoms with van der Waals surface area (Å²) in [4.78, 5) is 0. The SMILES string of the molecule is C=CC=C.CC.c1ccc2c(c1)oc1c(-c3ccc(-c4ccc(-c5cccc6c5oc5c(-c7ccc(-c8ccc(-c9cccc%10c9oc9ccccc9%10)cc8)cc7)cccc56)cc4)cc3)cccc12. The van der Waals surface area contributed by atoms with Crippen LogP contribution < -0.4 is 0 Å². The number of hydrogen-bond donors (Lipinski definition) is 0. The van der Waals surface area contributed by atoms with Crippen LogP contribution in [0.2, 0.25) is 0 Å². The van der Waals surface area contributed by atoms with E-state index in [1.165, 1.54) is 0 Å². The maximum atomic E-state index is 6.85. The standard InChI is InChI=1S/C60H36O3.C4H6.C2H6/c1-3-19-55-49(9-1)51-15-5-11-45(57(51)61-55)41-29-21-37(22-30-41)39-25-33-43(34-26-39)47-13-7-17-53-54-18-8-14-48(60(54)63-59(47)53)44-35-27-40(28-36-44)38-23-31-42(32-24-38)46-12-6-16-52-50-10-2-4-20-56(50)62-58(46)52;1-3-4-2;1-2/h1-36H;3-4H,1-2H2;1-2H3. The van der Waals surface area contributed by atoms with Gasteiger partial charge in [0, 0.05) is 54.6 Å². The molecule has 0 aliphatic rings. The van der Waals surface area contributed by atoms with Gasteiger partial charge in [0.15, 0.2) is 0 Å². The van der Waals surface area contributed by atoms with Crippen molar-refractivity contribution in [1.29, 1.82) is 0 Å². The second-order valence-electron chi connectivity index (χ2n) is 16.8. The summed E-state index contributed by atoms with van der Waals surface area (Å²) in [5.41, 5.74) is 18.9. The van der Waals surface area contributed by atoms with Gasteiger partial charge in [-0.05, 0) is 56.6 Å². The summed E-state index contributed by atoms with van der Waals surface area (Å²) >= 11 is 0. The van der Waals surface area contributed by atoms with Crippen LogP contribution in [0.4, 0.5) is 0 Å². The topological polar surface area (TPSA) is 39.4 Å². The van der Waals surface area contributed by atoms with Crippen LogP contribution in [0.3, 0.4) is 0 Å². The molecule has 0 N–H and O–H groups in total. The Hall–Kier alpha value is -8.92.